The number of carboxylic acid groups (broad SMARTS) is 1. The van der Waals surface area contributed by atoms with Gasteiger partial charge < -0.3 is 15.0 Å². The standard InChI is InChI=1S/C31H30N4O2/c1-2-3-13-29-33-27-18-19-28(32-20-22-9-5-4-6-10-22)34-30(27)35(29)21-23-14-16-24(17-15-23)25-11-7-8-12-26(25)31(36)37/h4-12,14-19H,2-3,13,20-21H2,1H3,(H,32,34)(H,36,37). The zero-order chi connectivity index (χ0) is 25.6. The Kier molecular flexibility index (Phi) is 7.26. The van der Waals surface area contributed by atoms with Crippen molar-refractivity contribution >= 4 is 23.0 Å². The SMILES string of the molecule is CCCCc1nc2ccc(NCc3ccccc3)nc2n1Cc1ccc(-c2ccccc2C(=O)O)cc1. The van der Waals surface area contributed by atoms with Gasteiger partial charge in [-0.1, -0.05) is 86.1 Å². The van der Waals surface area contributed by atoms with Crippen LogP contribution in [0, 0.1) is 0 Å². The summed E-state index contributed by atoms with van der Waals surface area (Å²) in [6.07, 6.45) is 3.05. The van der Waals surface area contributed by atoms with Crippen molar-refractivity contribution in [1.29, 1.82) is 0 Å². The number of aryl methyl sites for hydroxylation is 1. The number of aromatic carboxylic acids is 1. The van der Waals surface area contributed by atoms with E-state index in [1.807, 2.05) is 54.6 Å². The highest BCUT2D eigenvalue weighted by Crippen LogP contribution is 2.26. The molecule has 0 spiro atoms. The molecule has 2 heterocycles. The largest absolute Gasteiger partial charge is 0.478 e. The lowest BCUT2D eigenvalue weighted by Gasteiger charge is -2.11. The molecule has 37 heavy (non-hydrogen) atoms. The average Bonchev–Trinajstić information content (AvgIpc) is 3.28. The molecule has 5 rings (SSSR count). The quantitative estimate of drug-likeness (QED) is 0.225. The number of unbranched alkanes of at least 4 members (excludes halogenated alkanes) is 1. The minimum absolute atomic E-state index is 0.303. The Balaban J connectivity index is 1.43. The molecule has 0 saturated carbocycles. The number of nitrogens with one attached hydrogen (secondary N) is 1. The number of benzene rings is 3. The molecule has 5 aromatic rings. The topological polar surface area (TPSA) is 80.0 Å². The number of anilines is 1. The molecule has 6 heteroatoms. The predicted molar refractivity (Wildman–Crippen MR) is 148 cm³/mol. The second kappa shape index (κ2) is 11.1. The van der Waals surface area contributed by atoms with Crippen LogP contribution in [0.25, 0.3) is 22.3 Å². The number of rotatable bonds is 10. The van der Waals surface area contributed by atoms with Gasteiger partial charge >= 0.3 is 5.97 Å². The van der Waals surface area contributed by atoms with Crippen molar-refractivity contribution in [3.8, 4) is 11.1 Å². The fourth-order valence-electron chi connectivity index (χ4n) is 4.52. The van der Waals surface area contributed by atoms with Gasteiger partial charge in [-0.25, -0.2) is 14.8 Å². The van der Waals surface area contributed by atoms with Crippen molar-refractivity contribution < 1.29 is 9.90 Å². The van der Waals surface area contributed by atoms with Crippen molar-refractivity contribution in [2.24, 2.45) is 0 Å². The molecule has 2 aromatic heterocycles. The molecule has 186 valence electrons. The zero-order valence-corrected chi connectivity index (χ0v) is 20.9. The van der Waals surface area contributed by atoms with Crippen molar-refractivity contribution in [3.63, 3.8) is 0 Å². The molecule has 0 aliphatic heterocycles. The van der Waals surface area contributed by atoms with E-state index < -0.39 is 5.97 Å². The number of nitrogens with zero attached hydrogens (tertiary/aromatic N) is 3. The van der Waals surface area contributed by atoms with E-state index in [2.05, 4.69) is 41.1 Å². The van der Waals surface area contributed by atoms with E-state index in [-0.39, 0.29) is 0 Å². The number of hydrogen-bond donors (Lipinski definition) is 2. The van der Waals surface area contributed by atoms with E-state index in [9.17, 15) is 9.90 Å². The minimum atomic E-state index is -0.923. The van der Waals surface area contributed by atoms with E-state index in [1.165, 1.54) is 5.56 Å². The average molecular weight is 491 g/mol. The van der Waals surface area contributed by atoms with Crippen LogP contribution in [0.15, 0.2) is 91.0 Å². The smallest absolute Gasteiger partial charge is 0.336 e. The molecule has 0 saturated heterocycles. The van der Waals surface area contributed by atoms with Gasteiger partial charge in [-0.15, -0.1) is 0 Å². The summed E-state index contributed by atoms with van der Waals surface area (Å²) < 4.78 is 2.21. The predicted octanol–water partition coefficient (Wildman–Crippen LogP) is 6.80. The number of carbonyl (C=O) groups is 1. The van der Waals surface area contributed by atoms with Crippen molar-refractivity contribution in [2.45, 2.75) is 39.3 Å². The van der Waals surface area contributed by atoms with Gasteiger partial charge in [0.2, 0.25) is 0 Å². The summed E-state index contributed by atoms with van der Waals surface area (Å²) in [5.41, 5.74) is 5.97. The highest BCUT2D eigenvalue weighted by atomic mass is 16.4. The lowest BCUT2D eigenvalue weighted by molar-refractivity contribution is 0.0697. The van der Waals surface area contributed by atoms with Crippen LogP contribution < -0.4 is 5.32 Å². The molecule has 0 bridgehead atoms. The van der Waals surface area contributed by atoms with Gasteiger partial charge in [-0.05, 0) is 46.9 Å². The second-order valence-electron chi connectivity index (χ2n) is 9.14. The summed E-state index contributed by atoms with van der Waals surface area (Å²) >= 11 is 0. The highest BCUT2D eigenvalue weighted by Gasteiger charge is 2.14. The summed E-state index contributed by atoms with van der Waals surface area (Å²) in [6.45, 7) is 3.53. The second-order valence-corrected chi connectivity index (χ2v) is 9.14. The number of imidazole rings is 1. The van der Waals surface area contributed by atoms with E-state index in [0.717, 1.165) is 53.2 Å². The van der Waals surface area contributed by atoms with Crippen LogP contribution in [0.5, 0.6) is 0 Å². The lowest BCUT2D eigenvalue weighted by atomic mass is 9.99. The van der Waals surface area contributed by atoms with E-state index in [1.54, 1.807) is 12.1 Å². The Hall–Kier alpha value is -4.45. The maximum absolute atomic E-state index is 11.7. The van der Waals surface area contributed by atoms with Gasteiger partial charge in [-0.2, -0.15) is 0 Å². The molecule has 0 radical (unpaired) electrons. The molecule has 3 aromatic carbocycles. The van der Waals surface area contributed by atoms with Crippen LogP contribution in [0.3, 0.4) is 0 Å². The fourth-order valence-corrected chi connectivity index (χ4v) is 4.52. The Labute approximate surface area is 216 Å². The molecule has 0 aliphatic carbocycles. The van der Waals surface area contributed by atoms with Crippen LogP contribution in [-0.4, -0.2) is 25.6 Å². The Morgan fingerprint density at radius 1 is 0.865 bits per heavy atom. The number of aromatic nitrogens is 3. The molecule has 0 amide bonds. The highest BCUT2D eigenvalue weighted by molar-refractivity contribution is 5.96. The molecule has 2 N–H and O–H groups in total. The van der Waals surface area contributed by atoms with Gasteiger partial charge in [0.1, 0.15) is 17.2 Å². The zero-order valence-electron chi connectivity index (χ0n) is 20.9. The molecule has 0 aliphatic rings. The number of carboxylic acids is 1. The number of fused-ring (bicyclic) bond motifs is 1. The molecule has 0 unspecified atom stereocenters. The Morgan fingerprint density at radius 2 is 1.62 bits per heavy atom. The summed E-state index contributed by atoms with van der Waals surface area (Å²) in [4.78, 5) is 21.5. The number of pyridine rings is 1. The van der Waals surface area contributed by atoms with Gasteiger partial charge in [0, 0.05) is 13.0 Å². The van der Waals surface area contributed by atoms with Crippen molar-refractivity contribution in [1.82, 2.24) is 14.5 Å². The van der Waals surface area contributed by atoms with Crippen LogP contribution >= 0.6 is 0 Å². The van der Waals surface area contributed by atoms with E-state index in [0.29, 0.717) is 24.2 Å². The van der Waals surface area contributed by atoms with Crippen molar-refractivity contribution in [3.05, 3.63) is 114 Å². The normalized spacial score (nSPS) is 11.1. The van der Waals surface area contributed by atoms with Crippen LogP contribution in [0.2, 0.25) is 0 Å². The summed E-state index contributed by atoms with van der Waals surface area (Å²) in [5.74, 6) is 0.929. The molecular formula is C31H30N4O2. The third-order valence-corrected chi connectivity index (χ3v) is 6.50. The molecule has 0 atom stereocenters. The maximum atomic E-state index is 11.7. The fraction of sp³-hybridized carbons (Fsp3) is 0.194. The lowest BCUT2D eigenvalue weighted by Crippen LogP contribution is -2.07. The third-order valence-electron chi connectivity index (χ3n) is 6.50. The Morgan fingerprint density at radius 3 is 2.38 bits per heavy atom. The maximum Gasteiger partial charge on any atom is 0.336 e. The summed E-state index contributed by atoms with van der Waals surface area (Å²) in [7, 11) is 0. The first-order valence-electron chi connectivity index (χ1n) is 12.7. The van der Waals surface area contributed by atoms with Gasteiger partial charge in [0.15, 0.2) is 5.65 Å². The first-order chi connectivity index (χ1) is 18.1. The third kappa shape index (κ3) is 5.54. The first kappa shape index (κ1) is 24.3. The van der Waals surface area contributed by atoms with Crippen LogP contribution in [0.4, 0.5) is 5.82 Å². The van der Waals surface area contributed by atoms with E-state index >= 15 is 0 Å². The first-order valence-corrected chi connectivity index (χ1v) is 12.7. The Bertz CT molecular complexity index is 1510. The molecule has 0 fully saturated rings. The monoisotopic (exact) mass is 490 g/mol. The van der Waals surface area contributed by atoms with Gasteiger partial charge in [0.25, 0.3) is 0 Å². The van der Waals surface area contributed by atoms with Gasteiger partial charge in [-0.3, -0.25) is 0 Å². The minimum Gasteiger partial charge on any atom is -0.478 e. The summed E-state index contributed by atoms with van der Waals surface area (Å²) in [6, 6.07) is 29.5. The van der Waals surface area contributed by atoms with E-state index in [4.69, 9.17) is 9.97 Å². The van der Waals surface area contributed by atoms with Gasteiger partial charge in [0.05, 0.1) is 12.1 Å². The van der Waals surface area contributed by atoms with Crippen molar-refractivity contribution in [2.75, 3.05) is 5.32 Å². The molecular weight excluding hydrogens is 460 g/mol. The molecule has 6 nitrogen and oxygen atoms in total. The number of hydrogen-bond acceptors (Lipinski definition) is 4. The van der Waals surface area contributed by atoms with Crippen LogP contribution in [0.1, 0.15) is 47.1 Å². The summed E-state index contributed by atoms with van der Waals surface area (Å²) in [5, 5.41) is 13.0. The van der Waals surface area contributed by atoms with Crippen LogP contribution in [-0.2, 0) is 19.5 Å².